The van der Waals surface area contributed by atoms with Gasteiger partial charge in [0.15, 0.2) is 0 Å². The number of aryl methyl sites for hydroxylation is 1. The Morgan fingerprint density at radius 2 is 2.33 bits per heavy atom. The topological polar surface area (TPSA) is 56.6 Å². The molecule has 1 aliphatic heterocycles. The molecule has 1 aliphatic rings. The smallest absolute Gasteiger partial charge is 0.255 e. The Morgan fingerprint density at radius 1 is 1.46 bits per heavy atom. The average molecular weight is 349 g/mol. The number of nitrogens with zero attached hydrogens (tertiary/aromatic N) is 3. The van der Waals surface area contributed by atoms with E-state index in [2.05, 4.69) is 5.10 Å². The molecular formula is C17H23N3O3S. The summed E-state index contributed by atoms with van der Waals surface area (Å²) in [5, 5.41) is 8.07. The van der Waals surface area contributed by atoms with Crippen LogP contribution in [0.15, 0.2) is 29.2 Å². The molecule has 1 amide bonds. The van der Waals surface area contributed by atoms with Crippen molar-refractivity contribution >= 4 is 17.2 Å². The van der Waals surface area contributed by atoms with Crippen molar-refractivity contribution in [2.45, 2.75) is 25.0 Å². The van der Waals surface area contributed by atoms with Gasteiger partial charge in [-0.05, 0) is 29.9 Å². The number of ether oxygens (including phenoxy) is 2. The van der Waals surface area contributed by atoms with Gasteiger partial charge in [0, 0.05) is 32.3 Å². The summed E-state index contributed by atoms with van der Waals surface area (Å²) < 4.78 is 12.9. The van der Waals surface area contributed by atoms with Crippen LogP contribution in [0, 0.1) is 0 Å². The molecule has 24 heavy (non-hydrogen) atoms. The van der Waals surface area contributed by atoms with Gasteiger partial charge in [0.2, 0.25) is 0 Å². The van der Waals surface area contributed by atoms with Crippen LogP contribution in [0.5, 0.6) is 0 Å². The van der Waals surface area contributed by atoms with Crippen molar-refractivity contribution in [3.63, 3.8) is 0 Å². The highest BCUT2D eigenvalue weighted by Gasteiger charge is 2.38. The summed E-state index contributed by atoms with van der Waals surface area (Å²) in [6.07, 6.45) is 5.49. The first-order chi connectivity index (χ1) is 11.7. The van der Waals surface area contributed by atoms with Gasteiger partial charge < -0.3 is 14.4 Å². The molecule has 0 aliphatic carbocycles. The first kappa shape index (κ1) is 17.1. The minimum atomic E-state index is 0.0263. The molecule has 7 heteroatoms. The molecule has 130 valence electrons. The van der Waals surface area contributed by atoms with Crippen LogP contribution in [0.2, 0.25) is 0 Å². The van der Waals surface area contributed by atoms with E-state index >= 15 is 0 Å². The van der Waals surface area contributed by atoms with Crippen LogP contribution in [0.4, 0.5) is 0 Å². The quantitative estimate of drug-likeness (QED) is 0.717. The molecular weight excluding hydrogens is 326 g/mol. The summed E-state index contributed by atoms with van der Waals surface area (Å²) in [5.74, 6) is 0.0861. The highest BCUT2D eigenvalue weighted by molar-refractivity contribution is 7.08. The number of methoxy groups -OCH3 is 1. The molecule has 2 aromatic rings. The molecule has 3 rings (SSSR count). The molecule has 0 spiro atoms. The number of carbonyl (C=O) groups excluding carboxylic acids is 1. The highest BCUT2D eigenvalue weighted by atomic mass is 32.1. The lowest BCUT2D eigenvalue weighted by molar-refractivity contribution is 0.000500. The lowest BCUT2D eigenvalue weighted by atomic mass is 10.0. The summed E-state index contributed by atoms with van der Waals surface area (Å²) >= 11 is 1.54. The first-order valence-electron chi connectivity index (χ1n) is 8.10. The van der Waals surface area contributed by atoms with Gasteiger partial charge in [-0.2, -0.15) is 16.4 Å². The van der Waals surface area contributed by atoms with E-state index in [9.17, 15) is 4.79 Å². The van der Waals surface area contributed by atoms with Crippen molar-refractivity contribution in [2.24, 2.45) is 7.05 Å². The zero-order chi connectivity index (χ0) is 16.9. The number of rotatable bonds is 7. The Bertz CT molecular complexity index is 656. The van der Waals surface area contributed by atoms with Gasteiger partial charge >= 0.3 is 0 Å². The van der Waals surface area contributed by atoms with Crippen molar-refractivity contribution in [3.05, 3.63) is 40.3 Å². The second-order valence-corrected chi connectivity index (χ2v) is 6.78. The molecule has 0 N–H and O–H groups in total. The molecule has 3 heterocycles. The number of aromatic nitrogens is 2. The van der Waals surface area contributed by atoms with Gasteiger partial charge in [0.05, 0.1) is 37.1 Å². The number of carbonyl (C=O) groups is 1. The number of thiophene rings is 1. The maximum Gasteiger partial charge on any atom is 0.255 e. The van der Waals surface area contributed by atoms with Crippen LogP contribution in [0.3, 0.4) is 0 Å². The van der Waals surface area contributed by atoms with E-state index in [4.69, 9.17) is 9.47 Å². The lowest BCUT2D eigenvalue weighted by Gasteiger charge is -2.28. The molecule has 1 fully saturated rings. The summed E-state index contributed by atoms with van der Waals surface area (Å²) in [6, 6.07) is 1.91. The number of likely N-dealkylation sites (tertiary alicyclic amines) is 1. The van der Waals surface area contributed by atoms with Gasteiger partial charge in [-0.15, -0.1) is 0 Å². The van der Waals surface area contributed by atoms with Crippen LogP contribution in [-0.4, -0.2) is 59.6 Å². The minimum Gasteiger partial charge on any atom is -0.382 e. The van der Waals surface area contributed by atoms with Crippen LogP contribution in [0.1, 0.15) is 22.3 Å². The third-order valence-corrected chi connectivity index (χ3v) is 5.02. The fourth-order valence-electron chi connectivity index (χ4n) is 3.17. The maximum atomic E-state index is 12.8. The molecule has 1 saturated heterocycles. The zero-order valence-corrected chi connectivity index (χ0v) is 14.9. The van der Waals surface area contributed by atoms with E-state index in [1.54, 1.807) is 23.1 Å². The van der Waals surface area contributed by atoms with Crippen molar-refractivity contribution in [3.8, 4) is 0 Å². The van der Waals surface area contributed by atoms with E-state index in [1.807, 2.05) is 41.2 Å². The standard InChI is InChI=1S/C17H23N3O3S/c1-19-11-13(10-18-19)9-15-16(23-7-6-22-2)3-5-20(15)17(21)14-4-8-24-12-14/h4,8,10-12,15-16H,3,5-7,9H2,1-2H3/t15-,16+/m1/s1. The third kappa shape index (κ3) is 3.85. The van der Waals surface area contributed by atoms with E-state index in [0.717, 1.165) is 30.5 Å². The van der Waals surface area contributed by atoms with Gasteiger partial charge in [-0.3, -0.25) is 9.48 Å². The second-order valence-electron chi connectivity index (χ2n) is 6.00. The Balaban J connectivity index is 1.75. The summed E-state index contributed by atoms with van der Waals surface area (Å²) in [4.78, 5) is 14.8. The molecule has 0 radical (unpaired) electrons. The average Bonchev–Trinajstić information content (AvgIpc) is 3.30. The van der Waals surface area contributed by atoms with Crippen LogP contribution in [-0.2, 0) is 22.9 Å². The Morgan fingerprint density at radius 3 is 3.00 bits per heavy atom. The summed E-state index contributed by atoms with van der Waals surface area (Å²) in [6.45, 7) is 1.83. The van der Waals surface area contributed by atoms with Crippen molar-refractivity contribution < 1.29 is 14.3 Å². The predicted octanol–water partition coefficient (Wildman–Crippen LogP) is 1.97. The highest BCUT2D eigenvalue weighted by Crippen LogP contribution is 2.26. The molecule has 0 aromatic carbocycles. The van der Waals surface area contributed by atoms with Crippen molar-refractivity contribution in [1.29, 1.82) is 0 Å². The fourth-order valence-corrected chi connectivity index (χ4v) is 3.80. The fraction of sp³-hybridized carbons (Fsp3) is 0.529. The minimum absolute atomic E-state index is 0.0263. The van der Waals surface area contributed by atoms with Crippen LogP contribution < -0.4 is 0 Å². The zero-order valence-electron chi connectivity index (χ0n) is 14.1. The van der Waals surface area contributed by atoms with Gasteiger partial charge in [0.1, 0.15) is 0 Å². The van der Waals surface area contributed by atoms with Crippen LogP contribution in [0.25, 0.3) is 0 Å². The lowest BCUT2D eigenvalue weighted by Crippen LogP contribution is -2.42. The molecule has 2 aromatic heterocycles. The molecule has 0 unspecified atom stereocenters. The largest absolute Gasteiger partial charge is 0.382 e. The summed E-state index contributed by atoms with van der Waals surface area (Å²) in [5.41, 5.74) is 1.88. The van der Waals surface area contributed by atoms with Crippen molar-refractivity contribution in [2.75, 3.05) is 26.9 Å². The van der Waals surface area contributed by atoms with E-state index in [1.165, 1.54) is 0 Å². The Labute approximate surface area is 146 Å². The van der Waals surface area contributed by atoms with Crippen molar-refractivity contribution in [1.82, 2.24) is 14.7 Å². The predicted molar refractivity (Wildman–Crippen MR) is 92.3 cm³/mol. The Kier molecular flexibility index (Phi) is 5.65. The van der Waals surface area contributed by atoms with E-state index in [0.29, 0.717) is 13.2 Å². The number of hydrogen-bond donors (Lipinski definition) is 0. The van der Waals surface area contributed by atoms with Gasteiger partial charge in [-0.25, -0.2) is 0 Å². The number of hydrogen-bond acceptors (Lipinski definition) is 5. The first-order valence-corrected chi connectivity index (χ1v) is 9.04. The molecule has 6 nitrogen and oxygen atoms in total. The Hall–Kier alpha value is -1.70. The van der Waals surface area contributed by atoms with Gasteiger partial charge in [0.25, 0.3) is 5.91 Å². The molecule has 0 bridgehead atoms. The molecule has 0 saturated carbocycles. The second kappa shape index (κ2) is 7.92. The van der Waals surface area contributed by atoms with Crippen LogP contribution >= 0.6 is 11.3 Å². The normalized spacial score (nSPS) is 20.7. The number of amides is 1. The maximum absolute atomic E-state index is 12.8. The van der Waals surface area contributed by atoms with E-state index < -0.39 is 0 Å². The monoisotopic (exact) mass is 349 g/mol. The van der Waals surface area contributed by atoms with Gasteiger partial charge in [-0.1, -0.05) is 0 Å². The third-order valence-electron chi connectivity index (χ3n) is 4.34. The molecule has 2 atom stereocenters. The summed E-state index contributed by atoms with van der Waals surface area (Å²) in [7, 11) is 3.57. The SMILES string of the molecule is COCCO[C@H]1CCN(C(=O)c2ccsc2)[C@@H]1Cc1cnn(C)c1. The van der Waals surface area contributed by atoms with E-state index in [-0.39, 0.29) is 18.1 Å².